The molecule has 1 aliphatic rings. The van der Waals surface area contributed by atoms with E-state index in [0.29, 0.717) is 26.2 Å². The van der Waals surface area contributed by atoms with E-state index in [2.05, 4.69) is 0 Å². The highest BCUT2D eigenvalue weighted by atomic mass is 16.8. The van der Waals surface area contributed by atoms with Crippen molar-refractivity contribution in [1.82, 2.24) is 5.06 Å². The molecule has 6 heteroatoms. The predicted octanol–water partition coefficient (Wildman–Crippen LogP) is 5.23. The van der Waals surface area contributed by atoms with Gasteiger partial charge in [-0.05, 0) is 49.1 Å². The normalized spacial score (nSPS) is 20.1. The van der Waals surface area contributed by atoms with Crippen molar-refractivity contribution in [3.8, 4) is 5.75 Å². The van der Waals surface area contributed by atoms with Gasteiger partial charge in [0.15, 0.2) is 5.79 Å². The minimum Gasteiger partial charge on any atom is -0.497 e. The van der Waals surface area contributed by atoms with Crippen LogP contribution < -0.4 is 4.74 Å². The molecule has 1 heterocycles. The second kappa shape index (κ2) is 11.8. The average Bonchev–Trinajstić information content (AvgIpc) is 3.18. The van der Waals surface area contributed by atoms with E-state index in [1.807, 2.05) is 98.8 Å². The van der Waals surface area contributed by atoms with Crippen LogP contribution >= 0.6 is 0 Å². The molecule has 0 unspecified atom stereocenters. The number of hydroxylamine groups is 2. The van der Waals surface area contributed by atoms with Crippen LogP contribution in [0.3, 0.4) is 0 Å². The van der Waals surface area contributed by atoms with E-state index in [9.17, 15) is 5.21 Å². The molecule has 0 aromatic heterocycles. The van der Waals surface area contributed by atoms with Crippen LogP contribution in [-0.4, -0.2) is 48.0 Å². The van der Waals surface area contributed by atoms with Crippen LogP contribution in [0.1, 0.15) is 30.5 Å². The molecule has 0 spiro atoms. The second-order valence-electron chi connectivity index (χ2n) is 9.34. The van der Waals surface area contributed by atoms with Gasteiger partial charge in [0.1, 0.15) is 18.0 Å². The molecule has 0 saturated carbocycles. The summed E-state index contributed by atoms with van der Waals surface area (Å²) in [7, 11) is 1.65. The minimum absolute atomic E-state index is 0.331. The summed E-state index contributed by atoms with van der Waals surface area (Å²) in [6.45, 7) is 5.03. The fraction of sp³-hybridized carbons (Fsp3) is 0.379. The molecule has 0 amide bonds. The highest BCUT2D eigenvalue weighted by molar-refractivity contribution is 5.28. The second-order valence-corrected chi connectivity index (χ2v) is 9.34. The lowest BCUT2D eigenvalue weighted by atomic mass is 9.97. The summed E-state index contributed by atoms with van der Waals surface area (Å²) < 4.78 is 24.0. The fourth-order valence-corrected chi connectivity index (χ4v) is 4.47. The highest BCUT2D eigenvalue weighted by Gasteiger charge is 2.47. The zero-order valence-corrected chi connectivity index (χ0v) is 20.7. The van der Waals surface area contributed by atoms with E-state index >= 15 is 0 Å². The Morgan fingerprint density at radius 3 is 2.11 bits per heavy atom. The van der Waals surface area contributed by atoms with Crippen LogP contribution in [0, 0.1) is 0 Å². The molecule has 3 aromatic rings. The summed E-state index contributed by atoms with van der Waals surface area (Å²) in [5.74, 6) is 0.0150. The molecule has 1 aliphatic heterocycles. The molecule has 35 heavy (non-hydrogen) atoms. The quantitative estimate of drug-likeness (QED) is 0.382. The Morgan fingerprint density at radius 2 is 1.49 bits per heavy atom. The topological polar surface area (TPSA) is 60.4 Å². The monoisotopic (exact) mass is 477 g/mol. The van der Waals surface area contributed by atoms with Crippen molar-refractivity contribution in [3.63, 3.8) is 0 Å². The number of methoxy groups -OCH3 is 1. The van der Waals surface area contributed by atoms with Crippen LogP contribution in [0.4, 0.5) is 0 Å². The van der Waals surface area contributed by atoms with Gasteiger partial charge >= 0.3 is 0 Å². The zero-order valence-electron chi connectivity index (χ0n) is 20.7. The third kappa shape index (κ3) is 7.13. The van der Waals surface area contributed by atoms with E-state index < -0.39 is 11.9 Å². The van der Waals surface area contributed by atoms with Crippen molar-refractivity contribution < 1.29 is 24.2 Å². The predicted molar refractivity (Wildman–Crippen MR) is 134 cm³/mol. The first-order valence-corrected chi connectivity index (χ1v) is 12.0. The van der Waals surface area contributed by atoms with Gasteiger partial charge in [0, 0.05) is 6.54 Å². The molecule has 1 N–H and O–H groups in total. The van der Waals surface area contributed by atoms with Gasteiger partial charge in [-0.2, -0.15) is 5.06 Å². The lowest BCUT2D eigenvalue weighted by molar-refractivity contribution is -0.188. The first-order valence-electron chi connectivity index (χ1n) is 12.0. The SMILES string of the molecule is COc1ccc(C[C@H]([C@@H]2OC(C)(C)O[C@H]2COCc2ccccc2)N(O)Cc2ccccc2)cc1. The maximum absolute atomic E-state index is 11.3. The summed E-state index contributed by atoms with van der Waals surface area (Å²) in [5, 5.41) is 12.7. The van der Waals surface area contributed by atoms with Crippen molar-refractivity contribution in [1.29, 1.82) is 0 Å². The minimum atomic E-state index is -0.781. The Kier molecular flexibility index (Phi) is 8.55. The number of rotatable bonds is 11. The Balaban J connectivity index is 1.53. The van der Waals surface area contributed by atoms with Gasteiger partial charge < -0.3 is 24.2 Å². The smallest absolute Gasteiger partial charge is 0.163 e. The van der Waals surface area contributed by atoms with E-state index in [4.69, 9.17) is 18.9 Å². The molecular weight excluding hydrogens is 442 g/mol. The van der Waals surface area contributed by atoms with Crippen molar-refractivity contribution in [2.45, 2.75) is 57.5 Å². The van der Waals surface area contributed by atoms with E-state index in [-0.39, 0.29) is 12.1 Å². The molecule has 1 fully saturated rings. The van der Waals surface area contributed by atoms with Crippen LogP contribution in [0.2, 0.25) is 0 Å². The molecule has 1 saturated heterocycles. The summed E-state index contributed by atoms with van der Waals surface area (Å²) in [4.78, 5) is 0. The Labute approximate surface area is 208 Å². The lowest BCUT2D eigenvalue weighted by Gasteiger charge is -2.33. The molecule has 3 atom stereocenters. The van der Waals surface area contributed by atoms with E-state index in [1.165, 1.54) is 5.06 Å². The third-order valence-corrected chi connectivity index (χ3v) is 6.17. The summed E-state index contributed by atoms with van der Waals surface area (Å²) in [6.07, 6.45) is -0.147. The van der Waals surface area contributed by atoms with Crippen molar-refractivity contribution in [2.24, 2.45) is 0 Å². The first kappa shape index (κ1) is 25.4. The average molecular weight is 478 g/mol. The standard InChI is InChI=1S/C29H35NO5/c1-29(2)34-27(21-33-20-24-12-8-5-9-13-24)28(35-29)26(18-22-14-16-25(32-3)17-15-22)30(31)19-23-10-6-4-7-11-23/h4-17,26-28,31H,18-21H2,1-3H3/t26-,27+,28+/m1/s1. The number of benzene rings is 3. The van der Waals surface area contributed by atoms with Gasteiger partial charge in [-0.25, -0.2) is 0 Å². The summed E-state index contributed by atoms with van der Waals surface area (Å²) >= 11 is 0. The summed E-state index contributed by atoms with van der Waals surface area (Å²) in [6, 6.07) is 27.5. The maximum Gasteiger partial charge on any atom is 0.163 e. The molecular formula is C29H35NO5. The summed E-state index contributed by atoms with van der Waals surface area (Å²) in [5.41, 5.74) is 3.19. The number of hydrogen-bond donors (Lipinski definition) is 1. The van der Waals surface area contributed by atoms with Crippen LogP contribution in [-0.2, 0) is 33.8 Å². The van der Waals surface area contributed by atoms with Gasteiger partial charge in [-0.1, -0.05) is 72.8 Å². The van der Waals surface area contributed by atoms with Crippen molar-refractivity contribution in [3.05, 3.63) is 102 Å². The number of hydrogen-bond acceptors (Lipinski definition) is 6. The first-order chi connectivity index (χ1) is 16.9. The van der Waals surface area contributed by atoms with E-state index in [0.717, 1.165) is 22.4 Å². The van der Waals surface area contributed by atoms with Crippen molar-refractivity contribution >= 4 is 0 Å². The van der Waals surface area contributed by atoms with Gasteiger partial charge in [-0.15, -0.1) is 0 Å². The molecule has 0 bridgehead atoms. The van der Waals surface area contributed by atoms with Crippen LogP contribution in [0.5, 0.6) is 5.75 Å². The fourth-order valence-electron chi connectivity index (χ4n) is 4.47. The Hall–Kier alpha value is -2.74. The third-order valence-electron chi connectivity index (χ3n) is 6.17. The largest absolute Gasteiger partial charge is 0.497 e. The highest BCUT2D eigenvalue weighted by Crippen LogP contribution is 2.33. The molecule has 0 aliphatic carbocycles. The van der Waals surface area contributed by atoms with E-state index in [1.54, 1.807) is 7.11 Å². The van der Waals surface area contributed by atoms with Crippen LogP contribution in [0.25, 0.3) is 0 Å². The van der Waals surface area contributed by atoms with Crippen molar-refractivity contribution in [2.75, 3.05) is 13.7 Å². The molecule has 3 aromatic carbocycles. The number of ether oxygens (including phenoxy) is 4. The molecule has 4 rings (SSSR count). The molecule has 0 radical (unpaired) electrons. The number of nitrogens with zero attached hydrogens (tertiary/aromatic N) is 1. The maximum atomic E-state index is 11.3. The van der Waals surface area contributed by atoms with Gasteiger partial charge in [-0.3, -0.25) is 0 Å². The zero-order chi connectivity index (χ0) is 24.7. The van der Waals surface area contributed by atoms with Crippen LogP contribution in [0.15, 0.2) is 84.9 Å². The molecule has 6 nitrogen and oxygen atoms in total. The Bertz CT molecular complexity index is 1030. The van der Waals surface area contributed by atoms with Gasteiger partial charge in [0.2, 0.25) is 0 Å². The molecule has 186 valence electrons. The van der Waals surface area contributed by atoms with Gasteiger partial charge in [0.25, 0.3) is 0 Å². The van der Waals surface area contributed by atoms with Gasteiger partial charge in [0.05, 0.1) is 26.4 Å². The Morgan fingerprint density at radius 1 is 0.857 bits per heavy atom. The lowest BCUT2D eigenvalue weighted by Crippen LogP contribution is -2.48.